The highest BCUT2D eigenvalue weighted by atomic mass is 16.2. The second-order valence-corrected chi connectivity index (χ2v) is 7.72. The number of aromatic nitrogens is 2. The summed E-state index contributed by atoms with van der Waals surface area (Å²) >= 11 is 0. The third-order valence-electron chi connectivity index (χ3n) is 5.18. The Morgan fingerprint density at radius 1 is 1.42 bits per heavy atom. The number of hydrogen-bond acceptors (Lipinski definition) is 4. The van der Waals surface area contributed by atoms with Gasteiger partial charge in [-0.05, 0) is 25.7 Å². The molecule has 134 valence electrons. The van der Waals surface area contributed by atoms with Crippen molar-refractivity contribution in [1.29, 1.82) is 0 Å². The molecule has 2 atom stereocenters. The molecule has 1 aliphatic carbocycles. The van der Waals surface area contributed by atoms with Crippen LogP contribution in [0.4, 0.5) is 5.82 Å². The van der Waals surface area contributed by atoms with Crippen molar-refractivity contribution in [1.82, 2.24) is 20.4 Å². The van der Waals surface area contributed by atoms with E-state index in [1.54, 1.807) is 0 Å². The van der Waals surface area contributed by atoms with Gasteiger partial charge in [0.25, 0.3) is 0 Å². The van der Waals surface area contributed by atoms with E-state index in [1.165, 1.54) is 12.8 Å². The van der Waals surface area contributed by atoms with E-state index in [4.69, 9.17) is 0 Å². The molecule has 1 aliphatic heterocycles. The molecule has 1 amide bonds. The lowest BCUT2D eigenvalue weighted by Crippen LogP contribution is -2.51. The van der Waals surface area contributed by atoms with Crippen molar-refractivity contribution in [3.8, 4) is 0 Å². The highest BCUT2D eigenvalue weighted by Gasteiger charge is 2.27. The highest BCUT2D eigenvalue weighted by Crippen LogP contribution is 2.19. The topological polar surface area (TPSA) is 71.0 Å². The minimum atomic E-state index is -0.119. The maximum atomic E-state index is 12.6. The molecule has 1 aromatic heterocycles. The molecule has 0 radical (unpaired) electrons. The van der Waals surface area contributed by atoms with Crippen LogP contribution in [0.2, 0.25) is 0 Å². The molecule has 24 heavy (non-hydrogen) atoms. The maximum Gasteiger partial charge on any atom is 0.237 e. The van der Waals surface area contributed by atoms with Crippen LogP contribution in [0.1, 0.15) is 45.2 Å². The average Bonchev–Trinajstić information content (AvgIpc) is 3.14. The quantitative estimate of drug-likeness (QED) is 0.744. The van der Waals surface area contributed by atoms with E-state index in [0.717, 1.165) is 44.0 Å². The summed E-state index contributed by atoms with van der Waals surface area (Å²) in [6.07, 6.45) is 4.74. The van der Waals surface area contributed by atoms with Gasteiger partial charge in [0.15, 0.2) is 0 Å². The van der Waals surface area contributed by atoms with Gasteiger partial charge >= 0.3 is 0 Å². The van der Waals surface area contributed by atoms with Crippen LogP contribution in [0.25, 0.3) is 0 Å². The Bertz CT molecular complexity index is 562. The SMILES string of the molecule is Cc1cc2n(n1)CC(CNC(C(=O)NC1CCCC1)C(C)C)CN2. The van der Waals surface area contributed by atoms with Crippen molar-refractivity contribution in [3.63, 3.8) is 0 Å². The fourth-order valence-electron chi connectivity index (χ4n) is 3.81. The molecule has 2 aliphatic rings. The number of anilines is 1. The third-order valence-corrected chi connectivity index (χ3v) is 5.18. The molecule has 0 bridgehead atoms. The Hall–Kier alpha value is -1.56. The lowest BCUT2D eigenvalue weighted by molar-refractivity contribution is -0.124. The van der Waals surface area contributed by atoms with E-state index in [2.05, 4.69) is 41.0 Å². The first-order valence-corrected chi connectivity index (χ1v) is 9.35. The van der Waals surface area contributed by atoms with Gasteiger partial charge in [0.2, 0.25) is 5.91 Å². The number of aryl methyl sites for hydroxylation is 1. The Morgan fingerprint density at radius 3 is 2.88 bits per heavy atom. The van der Waals surface area contributed by atoms with Crippen LogP contribution in [0.3, 0.4) is 0 Å². The monoisotopic (exact) mass is 333 g/mol. The van der Waals surface area contributed by atoms with Crippen molar-refractivity contribution >= 4 is 11.7 Å². The molecule has 6 heteroatoms. The number of carbonyl (C=O) groups is 1. The summed E-state index contributed by atoms with van der Waals surface area (Å²) in [4.78, 5) is 12.6. The Morgan fingerprint density at radius 2 is 2.17 bits per heavy atom. The summed E-state index contributed by atoms with van der Waals surface area (Å²) in [5.41, 5.74) is 1.04. The van der Waals surface area contributed by atoms with Crippen molar-refractivity contribution in [2.75, 3.05) is 18.4 Å². The molecule has 1 fully saturated rings. The van der Waals surface area contributed by atoms with Gasteiger partial charge in [0.05, 0.1) is 11.7 Å². The molecular weight excluding hydrogens is 302 g/mol. The molecule has 2 unspecified atom stereocenters. The predicted molar refractivity (Wildman–Crippen MR) is 96.0 cm³/mol. The molecule has 0 spiro atoms. The zero-order chi connectivity index (χ0) is 17.1. The summed E-state index contributed by atoms with van der Waals surface area (Å²) in [5, 5.41) is 14.7. The normalized spacial score (nSPS) is 22.2. The van der Waals surface area contributed by atoms with E-state index in [9.17, 15) is 4.79 Å². The fraction of sp³-hybridized carbons (Fsp3) is 0.778. The number of nitrogens with zero attached hydrogens (tertiary/aromatic N) is 2. The van der Waals surface area contributed by atoms with Gasteiger partial charge in [-0.1, -0.05) is 26.7 Å². The van der Waals surface area contributed by atoms with Gasteiger partial charge < -0.3 is 16.0 Å². The lowest BCUT2D eigenvalue weighted by Gasteiger charge is -2.29. The third kappa shape index (κ3) is 4.09. The second-order valence-electron chi connectivity index (χ2n) is 7.72. The molecule has 3 N–H and O–H groups in total. The van der Waals surface area contributed by atoms with Crippen molar-refractivity contribution in [3.05, 3.63) is 11.8 Å². The van der Waals surface area contributed by atoms with E-state index in [0.29, 0.717) is 12.0 Å². The number of amides is 1. The zero-order valence-corrected chi connectivity index (χ0v) is 15.1. The smallest absolute Gasteiger partial charge is 0.237 e. The van der Waals surface area contributed by atoms with Gasteiger partial charge in [-0.3, -0.25) is 4.79 Å². The summed E-state index contributed by atoms with van der Waals surface area (Å²) in [5.74, 6) is 1.99. The summed E-state index contributed by atoms with van der Waals surface area (Å²) in [6.45, 7) is 8.89. The van der Waals surface area contributed by atoms with E-state index in [-0.39, 0.29) is 17.9 Å². The molecule has 1 aromatic rings. The summed E-state index contributed by atoms with van der Waals surface area (Å²) < 4.78 is 2.04. The number of rotatable bonds is 6. The molecule has 2 heterocycles. The van der Waals surface area contributed by atoms with Gasteiger partial charge in [0.1, 0.15) is 5.82 Å². The first-order chi connectivity index (χ1) is 11.5. The lowest BCUT2D eigenvalue weighted by atomic mass is 10.0. The fourth-order valence-corrected chi connectivity index (χ4v) is 3.81. The molecular formula is C18H31N5O. The summed E-state index contributed by atoms with van der Waals surface area (Å²) in [7, 11) is 0. The van der Waals surface area contributed by atoms with Gasteiger partial charge in [-0.25, -0.2) is 4.68 Å². The molecule has 1 saturated carbocycles. The summed E-state index contributed by atoms with van der Waals surface area (Å²) in [6, 6.07) is 2.34. The molecule has 0 aromatic carbocycles. The number of nitrogens with one attached hydrogen (secondary N) is 3. The zero-order valence-electron chi connectivity index (χ0n) is 15.1. The van der Waals surface area contributed by atoms with Crippen LogP contribution >= 0.6 is 0 Å². The van der Waals surface area contributed by atoms with E-state index >= 15 is 0 Å². The van der Waals surface area contributed by atoms with E-state index in [1.807, 2.05) is 11.6 Å². The van der Waals surface area contributed by atoms with E-state index < -0.39 is 0 Å². The van der Waals surface area contributed by atoms with Crippen molar-refractivity contribution in [2.45, 2.75) is 65.1 Å². The van der Waals surface area contributed by atoms with Gasteiger partial charge in [-0.2, -0.15) is 5.10 Å². The number of carbonyl (C=O) groups excluding carboxylic acids is 1. The predicted octanol–water partition coefficient (Wildman–Crippen LogP) is 1.91. The highest BCUT2D eigenvalue weighted by molar-refractivity contribution is 5.82. The van der Waals surface area contributed by atoms with Crippen LogP contribution in [-0.4, -0.2) is 40.9 Å². The van der Waals surface area contributed by atoms with Crippen LogP contribution < -0.4 is 16.0 Å². The van der Waals surface area contributed by atoms with Gasteiger partial charge in [-0.15, -0.1) is 0 Å². The Kier molecular flexibility index (Phi) is 5.43. The molecule has 3 rings (SSSR count). The Balaban J connectivity index is 1.51. The number of hydrogen-bond donors (Lipinski definition) is 3. The largest absolute Gasteiger partial charge is 0.370 e. The molecule has 0 saturated heterocycles. The molecule has 6 nitrogen and oxygen atoms in total. The van der Waals surface area contributed by atoms with Crippen LogP contribution in [0, 0.1) is 18.8 Å². The Labute approximate surface area is 144 Å². The number of fused-ring (bicyclic) bond motifs is 1. The minimum Gasteiger partial charge on any atom is -0.370 e. The van der Waals surface area contributed by atoms with Crippen molar-refractivity contribution < 1.29 is 4.79 Å². The maximum absolute atomic E-state index is 12.6. The minimum absolute atomic E-state index is 0.119. The van der Waals surface area contributed by atoms with Crippen LogP contribution in [-0.2, 0) is 11.3 Å². The second kappa shape index (κ2) is 7.55. The van der Waals surface area contributed by atoms with Gasteiger partial charge in [0, 0.05) is 37.7 Å². The van der Waals surface area contributed by atoms with Crippen LogP contribution in [0.5, 0.6) is 0 Å². The average molecular weight is 333 g/mol. The van der Waals surface area contributed by atoms with Crippen LogP contribution in [0.15, 0.2) is 6.07 Å². The van der Waals surface area contributed by atoms with Crippen molar-refractivity contribution in [2.24, 2.45) is 11.8 Å². The standard InChI is InChI=1S/C18H31N5O/c1-12(2)17(18(24)21-15-6-4-5-7-15)20-10-14-9-19-16-8-13(3)22-23(16)11-14/h8,12,14-15,17,19-20H,4-7,9-11H2,1-3H3,(H,21,24). The first-order valence-electron chi connectivity index (χ1n) is 9.35. The first kappa shape index (κ1) is 17.3.